The monoisotopic (exact) mass is 293 g/mol. The summed E-state index contributed by atoms with van der Waals surface area (Å²) >= 11 is 4.64. The second kappa shape index (κ2) is 16.7. The summed E-state index contributed by atoms with van der Waals surface area (Å²) in [7, 11) is 0. The normalized spacial score (nSPS) is 8.32. The Morgan fingerprint density at radius 3 is 1.84 bits per heavy atom. The third-order valence-electron chi connectivity index (χ3n) is 1.81. The number of aliphatic carboxylic acids is 1. The number of carboxylic acids is 1. The van der Waals surface area contributed by atoms with Crippen molar-refractivity contribution in [1.29, 1.82) is 0 Å². The van der Waals surface area contributed by atoms with Gasteiger partial charge in [0, 0.05) is 31.1 Å². The Kier molecular flexibility index (Phi) is 20.0. The van der Waals surface area contributed by atoms with Gasteiger partial charge < -0.3 is 9.94 Å². The summed E-state index contributed by atoms with van der Waals surface area (Å²) < 4.78 is 0. The molecule has 0 saturated heterocycles. The first-order chi connectivity index (χ1) is 8.92. The van der Waals surface area contributed by atoms with Gasteiger partial charge in [0.2, 0.25) is 0 Å². The largest absolute Gasteiger partial charge is 0.478 e. The lowest BCUT2D eigenvalue weighted by atomic mass is 10.2. The van der Waals surface area contributed by atoms with E-state index in [-0.39, 0.29) is 5.97 Å². The van der Waals surface area contributed by atoms with Crippen molar-refractivity contribution < 1.29 is 19.5 Å². The fourth-order valence-corrected chi connectivity index (χ4v) is 0.679. The molecule has 19 heavy (non-hydrogen) atoms. The van der Waals surface area contributed by atoms with Crippen molar-refractivity contribution >= 4 is 23.5 Å². The molecule has 1 N–H and O–H groups in total. The van der Waals surface area contributed by atoms with Gasteiger partial charge in [-0.25, -0.2) is 9.59 Å². The van der Waals surface area contributed by atoms with E-state index >= 15 is 0 Å². The molecule has 6 heteroatoms. The average Bonchev–Trinajstić information content (AvgIpc) is 2.46. The molecule has 0 heterocycles. The van der Waals surface area contributed by atoms with Crippen LogP contribution in [0.1, 0.15) is 27.2 Å². The molecule has 0 rings (SSSR count). The molecule has 0 amide bonds. The summed E-state index contributed by atoms with van der Waals surface area (Å²) in [6.45, 7) is 13.7. The molecule has 0 aliphatic heterocycles. The Hall–Kier alpha value is -1.33. The molecule has 0 aromatic heterocycles. The van der Waals surface area contributed by atoms with Crippen LogP contribution in [-0.4, -0.2) is 41.6 Å². The van der Waals surface area contributed by atoms with Crippen molar-refractivity contribution in [1.82, 2.24) is 5.06 Å². The van der Waals surface area contributed by atoms with Crippen LogP contribution in [0.15, 0.2) is 24.8 Å². The summed E-state index contributed by atoms with van der Waals surface area (Å²) in [5, 5.41) is 9.20. The van der Waals surface area contributed by atoms with Crippen LogP contribution in [0.5, 0.6) is 0 Å². The van der Waals surface area contributed by atoms with Crippen LogP contribution >= 0.6 is 11.6 Å². The van der Waals surface area contributed by atoms with E-state index in [2.05, 4.69) is 24.8 Å². The average molecular weight is 294 g/mol. The Morgan fingerprint density at radius 1 is 1.26 bits per heavy atom. The van der Waals surface area contributed by atoms with Gasteiger partial charge >= 0.3 is 11.9 Å². The summed E-state index contributed by atoms with van der Waals surface area (Å²) in [5.74, 6) is -1.30. The molecule has 0 aromatic carbocycles. The van der Waals surface area contributed by atoms with E-state index < -0.39 is 5.97 Å². The van der Waals surface area contributed by atoms with Gasteiger partial charge in [-0.3, -0.25) is 0 Å². The fourth-order valence-electron chi connectivity index (χ4n) is 0.679. The van der Waals surface area contributed by atoms with E-state index in [1.54, 1.807) is 5.06 Å². The highest BCUT2D eigenvalue weighted by Gasteiger charge is 2.10. The van der Waals surface area contributed by atoms with Crippen LogP contribution in [0.3, 0.4) is 0 Å². The fraction of sp³-hybridized carbons (Fsp3) is 0.538. The van der Waals surface area contributed by atoms with Crippen LogP contribution in [0.2, 0.25) is 0 Å². The van der Waals surface area contributed by atoms with Crippen molar-refractivity contribution in [2.75, 3.05) is 19.5 Å². The SMILES string of the molecule is C=C(CC)C(=O)ON(CC)CC.C=CC(=O)O.CCl. The first-order valence-electron chi connectivity index (χ1n) is 5.80. The molecule has 0 unspecified atom stereocenters. The highest BCUT2D eigenvalue weighted by molar-refractivity contribution is 6.15. The second-order valence-electron chi connectivity index (χ2n) is 2.99. The summed E-state index contributed by atoms with van der Waals surface area (Å²) in [5.41, 5.74) is 0.516. The Bertz CT molecular complexity index is 276. The Labute approximate surface area is 120 Å². The van der Waals surface area contributed by atoms with Crippen LogP contribution in [0.25, 0.3) is 0 Å². The van der Waals surface area contributed by atoms with E-state index in [9.17, 15) is 9.59 Å². The minimum Gasteiger partial charge on any atom is -0.478 e. The molecule has 112 valence electrons. The molecule has 5 nitrogen and oxygen atoms in total. The van der Waals surface area contributed by atoms with Gasteiger partial charge in [0.15, 0.2) is 0 Å². The number of alkyl halides is 1. The zero-order valence-corrected chi connectivity index (χ0v) is 12.9. The predicted octanol–water partition coefficient (Wildman–Crippen LogP) is 2.86. The third kappa shape index (κ3) is 16.7. The van der Waals surface area contributed by atoms with Crippen LogP contribution in [0, 0.1) is 0 Å². The molecule has 0 fully saturated rings. The number of carbonyl (C=O) groups excluding carboxylic acids is 1. The van der Waals surface area contributed by atoms with Crippen LogP contribution in [-0.2, 0) is 14.4 Å². The topological polar surface area (TPSA) is 66.8 Å². The summed E-state index contributed by atoms with van der Waals surface area (Å²) in [6, 6.07) is 0. The lowest BCUT2D eigenvalue weighted by Gasteiger charge is -2.17. The third-order valence-corrected chi connectivity index (χ3v) is 1.81. The highest BCUT2D eigenvalue weighted by atomic mass is 35.5. The van der Waals surface area contributed by atoms with Crippen molar-refractivity contribution in [2.45, 2.75) is 27.2 Å². The second-order valence-corrected chi connectivity index (χ2v) is 2.99. The highest BCUT2D eigenvalue weighted by Crippen LogP contribution is 2.01. The van der Waals surface area contributed by atoms with E-state index in [0.717, 1.165) is 6.08 Å². The van der Waals surface area contributed by atoms with Crippen LogP contribution < -0.4 is 0 Å². The molecule has 0 aromatic rings. The van der Waals surface area contributed by atoms with E-state index in [1.165, 1.54) is 6.38 Å². The number of carboxylic acid groups (broad SMARTS) is 1. The molecule has 0 bridgehead atoms. The minimum absolute atomic E-state index is 0.318. The van der Waals surface area contributed by atoms with Crippen molar-refractivity contribution in [3.8, 4) is 0 Å². The molecular formula is C13H24ClNO4. The number of halogens is 1. The molecule has 0 radical (unpaired) electrons. The van der Waals surface area contributed by atoms with E-state index in [0.29, 0.717) is 25.1 Å². The van der Waals surface area contributed by atoms with Crippen molar-refractivity contribution in [2.24, 2.45) is 0 Å². The maximum Gasteiger partial charge on any atom is 0.352 e. The first-order valence-corrected chi connectivity index (χ1v) is 6.56. The van der Waals surface area contributed by atoms with Crippen LogP contribution in [0.4, 0.5) is 0 Å². The number of carbonyl (C=O) groups is 2. The maximum atomic E-state index is 11.1. The summed E-state index contributed by atoms with van der Waals surface area (Å²) in [4.78, 5) is 25.4. The number of hydroxylamine groups is 2. The molecular weight excluding hydrogens is 270 g/mol. The molecule has 0 atom stereocenters. The Morgan fingerprint density at radius 2 is 1.63 bits per heavy atom. The van der Waals surface area contributed by atoms with Gasteiger partial charge in [0.25, 0.3) is 0 Å². The molecule has 0 spiro atoms. The first kappa shape index (κ1) is 22.8. The number of rotatable bonds is 6. The molecule has 0 aliphatic rings. The van der Waals surface area contributed by atoms with Gasteiger partial charge in [0.1, 0.15) is 0 Å². The zero-order chi connectivity index (χ0) is 15.8. The van der Waals surface area contributed by atoms with E-state index in [4.69, 9.17) is 9.94 Å². The lowest BCUT2D eigenvalue weighted by molar-refractivity contribution is -0.183. The maximum absolute atomic E-state index is 11.1. The zero-order valence-electron chi connectivity index (χ0n) is 12.1. The molecule has 0 aliphatic carbocycles. The smallest absolute Gasteiger partial charge is 0.352 e. The standard InChI is InChI=1S/C9H17NO2.C3H4O2.CH3Cl/c1-5-8(4)9(11)12-10(6-2)7-3;1-2-3(4)5;1-2/h4-7H2,1-3H3;2H,1H2,(H,4,5);1H3. The van der Waals surface area contributed by atoms with Crippen molar-refractivity contribution in [3.63, 3.8) is 0 Å². The van der Waals surface area contributed by atoms with Gasteiger partial charge in [0.05, 0.1) is 0 Å². The lowest BCUT2D eigenvalue weighted by Crippen LogP contribution is -2.27. The number of hydrogen-bond donors (Lipinski definition) is 1. The number of nitrogens with zero attached hydrogens (tertiary/aromatic N) is 1. The van der Waals surface area contributed by atoms with Gasteiger partial charge in [-0.2, -0.15) is 0 Å². The Balaban J connectivity index is -0.000000307. The van der Waals surface area contributed by atoms with Gasteiger partial charge in [-0.1, -0.05) is 20.1 Å². The quantitative estimate of drug-likeness (QED) is 0.463. The van der Waals surface area contributed by atoms with Crippen molar-refractivity contribution in [3.05, 3.63) is 24.8 Å². The summed E-state index contributed by atoms with van der Waals surface area (Å²) in [6.07, 6.45) is 2.94. The molecule has 0 saturated carbocycles. The predicted molar refractivity (Wildman–Crippen MR) is 78.1 cm³/mol. The number of hydrogen-bond acceptors (Lipinski definition) is 4. The van der Waals surface area contributed by atoms with Gasteiger partial charge in [-0.05, 0) is 20.3 Å². The van der Waals surface area contributed by atoms with E-state index in [1.807, 2.05) is 20.8 Å². The van der Waals surface area contributed by atoms with Gasteiger partial charge in [-0.15, -0.1) is 16.7 Å². The minimum atomic E-state index is -0.981.